The molecule has 2 nitrogen and oxygen atoms in total. The maximum absolute atomic E-state index is 9.74. The summed E-state index contributed by atoms with van der Waals surface area (Å²) in [6.07, 6.45) is 2.50. The molecule has 1 saturated carbocycles. The smallest absolute Gasteiger partial charge is 0.137 e. The van der Waals surface area contributed by atoms with Crippen LogP contribution in [0.3, 0.4) is 0 Å². The molecule has 76 valence electrons. The van der Waals surface area contributed by atoms with Crippen LogP contribution in [0.2, 0.25) is 5.02 Å². The summed E-state index contributed by atoms with van der Waals surface area (Å²) in [5.74, 6) is 0.674. The van der Waals surface area contributed by atoms with E-state index in [1.54, 1.807) is 7.11 Å². The Morgan fingerprint density at radius 2 is 2.21 bits per heavy atom. The molecular weight excluding hydrogens is 200 g/mol. The Kier molecular flexibility index (Phi) is 2.41. The van der Waals surface area contributed by atoms with Crippen molar-refractivity contribution in [3.63, 3.8) is 0 Å². The van der Waals surface area contributed by atoms with Crippen LogP contribution in [0.4, 0.5) is 0 Å². The van der Waals surface area contributed by atoms with Crippen LogP contribution in [-0.2, 0) is 6.42 Å². The molecule has 2 rings (SSSR count). The van der Waals surface area contributed by atoms with Gasteiger partial charge in [0.05, 0.1) is 17.7 Å². The zero-order chi connectivity index (χ0) is 10.2. The normalized spacial score (nSPS) is 17.9. The average molecular weight is 213 g/mol. The molecule has 1 aliphatic carbocycles. The summed E-state index contributed by atoms with van der Waals surface area (Å²) in [4.78, 5) is 0. The van der Waals surface area contributed by atoms with E-state index < -0.39 is 5.60 Å². The Balaban J connectivity index is 2.18. The highest BCUT2D eigenvalue weighted by molar-refractivity contribution is 6.32. The second kappa shape index (κ2) is 3.44. The molecule has 0 aliphatic heterocycles. The predicted octanol–water partition coefficient (Wildman–Crippen LogP) is 2.42. The number of benzene rings is 1. The summed E-state index contributed by atoms with van der Waals surface area (Å²) < 4.78 is 5.11. The molecular formula is C11H13ClO2. The van der Waals surface area contributed by atoms with Gasteiger partial charge in [0.2, 0.25) is 0 Å². The van der Waals surface area contributed by atoms with E-state index in [4.69, 9.17) is 16.3 Å². The Labute approximate surface area is 88.5 Å². The van der Waals surface area contributed by atoms with Crippen molar-refractivity contribution < 1.29 is 9.84 Å². The number of methoxy groups -OCH3 is 1. The largest absolute Gasteiger partial charge is 0.495 e. The lowest BCUT2D eigenvalue weighted by Gasteiger charge is -2.09. The van der Waals surface area contributed by atoms with Gasteiger partial charge in [0, 0.05) is 6.42 Å². The molecule has 0 heterocycles. The molecule has 0 bridgehead atoms. The molecule has 0 atom stereocenters. The summed E-state index contributed by atoms with van der Waals surface area (Å²) in [7, 11) is 1.59. The zero-order valence-electron chi connectivity index (χ0n) is 8.09. The summed E-state index contributed by atoms with van der Waals surface area (Å²) in [6.45, 7) is 0. The Bertz CT molecular complexity index is 345. The number of rotatable bonds is 3. The second-order valence-electron chi connectivity index (χ2n) is 3.87. The molecule has 0 saturated heterocycles. The molecule has 0 spiro atoms. The minimum absolute atomic E-state index is 0.459. The fourth-order valence-electron chi connectivity index (χ4n) is 1.52. The van der Waals surface area contributed by atoms with E-state index in [1.807, 2.05) is 18.2 Å². The minimum Gasteiger partial charge on any atom is -0.495 e. The van der Waals surface area contributed by atoms with Crippen molar-refractivity contribution in [3.05, 3.63) is 28.8 Å². The maximum atomic E-state index is 9.74. The molecule has 0 unspecified atom stereocenters. The Hall–Kier alpha value is -0.730. The van der Waals surface area contributed by atoms with E-state index in [9.17, 15) is 5.11 Å². The van der Waals surface area contributed by atoms with Crippen LogP contribution < -0.4 is 4.74 Å². The molecule has 1 N–H and O–H groups in total. The van der Waals surface area contributed by atoms with E-state index in [2.05, 4.69) is 0 Å². The third kappa shape index (κ3) is 2.02. The number of hydrogen-bond acceptors (Lipinski definition) is 2. The van der Waals surface area contributed by atoms with Crippen LogP contribution in [0.15, 0.2) is 18.2 Å². The lowest BCUT2D eigenvalue weighted by molar-refractivity contribution is 0.151. The molecule has 1 aliphatic rings. The van der Waals surface area contributed by atoms with Crippen molar-refractivity contribution in [2.75, 3.05) is 7.11 Å². The fourth-order valence-corrected chi connectivity index (χ4v) is 1.71. The highest BCUT2D eigenvalue weighted by atomic mass is 35.5. The van der Waals surface area contributed by atoms with Crippen LogP contribution in [0.25, 0.3) is 0 Å². The van der Waals surface area contributed by atoms with Gasteiger partial charge in [0.1, 0.15) is 5.75 Å². The highest BCUT2D eigenvalue weighted by Gasteiger charge is 2.40. The van der Waals surface area contributed by atoms with E-state index in [0.717, 1.165) is 18.4 Å². The number of ether oxygens (including phenoxy) is 1. The summed E-state index contributed by atoms with van der Waals surface area (Å²) >= 11 is 5.90. The predicted molar refractivity (Wildman–Crippen MR) is 55.9 cm³/mol. The third-order valence-corrected chi connectivity index (χ3v) is 2.89. The van der Waals surface area contributed by atoms with Crippen molar-refractivity contribution in [1.82, 2.24) is 0 Å². The first-order valence-electron chi connectivity index (χ1n) is 4.68. The third-order valence-electron chi connectivity index (χ3n) is 2.58. The van der Waals surface area contributed by atoms with E-state index in [0.29, 0.717) is 17.2 Å². The molecule has 0 aromatic heterocycles. The van der Waals surface area contributed by atoms with Gasteiger partial charge in [-0.25, -0.2) is 0 Å². The Morgan fingerprint density at radius 1 is 1.50 bits per heavy atom. The van der Waals surface area contributed by atoms with Crippen LogP contribution in [0, 0.1) is 0 Å². The van der Waals surface area contributed by atoms with Gasteiger partial charge >= 0.3 is 0 Å². The first kappa shape index (κ1) is 9.81. The molecule has 3 heteroatoms. The van der Waals surface area contributed by atoms with Gasteiger partial charge in [-0.15, -0.1) is 0 Å². The highest BCUT2D eigenvalue weighted by Crippen LogP contribution is 2.39. The van der Waals surface area contributed by atoms with Gasteiger partial charge in [-0.05, 0) is 30.5 Å². The number of halogens is 1. The molecule has 1 aromatic rings. The SMILES string of the molecule is COc1cc(CC2(O)CC2)ccc1Cl. The van der Waals surface area contributed by atoms with Crippen molar-refractivity contribution in [3.8, 4) is 5.75 Å². The molecule has 0 radical (unpaired) electrons. The first-order valence-corrected chi connectivity index (χ1v) is 5.06. The summed E-state index contributed by atoms with van der Waals surface area (Å²) in [6, 6.07) is 5.63. The second-order valence-corrected chi connectivity index (χ2v) is 4.28. The van der Waals surface area contributed by atoms with Gasteiger partial charge in [-0.2, -0.15) is 0 Å². The van der Waals surface area contributed by atoms with Crippen molar-refractivity contribution in [2.45, 2.75) is 24.9 Å². The van der Waals surface area contributed by atoms with Crippen LogP contribution >= 0.6 is 11.6 Å². The average Bonchev–Trinajstić information content (AvgIpc) is 2.87. The quantitative estimate of drug-likeness (QED) is 0.834. The lowest BCUT2D eigenvalue weighted by Crippen LogP contribution is -2.10. The molecule has 1 aromatic carbocycles. The standard InChI is InChI=1S/C11H13ClO2/c1-14-10-6-8(2-3-9(10)12)7-11(13)4-5-11/h2-3,6,13H,4-5,7H2,1H3. The van der Waals surface area contributed by atoms with Crippen molar-refractivity contribution >= 4 is 11.6 Å². The summed E-state index contributed by atoms with van der Waals surface area (Å²) in [5, 5.41) is 10.4. The van der Waals surface area contributed by atoms with Crippen molar-refractivity contribution in [1.29, 1.82) is 0 Å². The van der Waals surface area contributed by atoms with Crippen LogP contribution in [0.5, 0.6) is 5.75 Å². The number of aliphatic hydroxyl groups is 1. The van der Waals surface area contributed by atoms with E-state index in [1.165, 1.54) is 0 Å². The van der Waals surface area contributed by atoms with E-state index >= 15 is 0 Å². The topological polar surface area (TPSA) is 29.5 Å². The van der Waals surface area contributed by atoms with Gasteiger partial charge in [-0.1, -0.05) is 17.7 Å². The zero-order valence-corrected chi connectivity index (χ0v) is 8.84. The number of hydrogen-bond donors (Lipinski definition) is 1. The molecule has 1 fully saturated rings. The fraction of sp³-hybridized carbons (Fsp3) is 0.455. The van der Waals surface area contributed by atoms with Crippen molar-refractivity contribution in [2.24, 2.45) is 0 Å². The van der Waals surface area contributed by atoms with Gasteiger partial charge in [-0.3, -0.25) is 0 Å². The van der Waals surface area contributed by atoms with Gasteiger partial charge < -0.3 is 9.84 Å². The Morgan fingerprint density at radius 3 is 2.79 bits per heavy atom. The summed E-state index contributed by atoms with van der Waals surface area (Å²) in [5.41, 5.74) is 0.616. The van der Waals surface area contributed by atoms with Crippen LogP contribution in [0.1, 0.15) is 18.4 Å². The maximum Gasteiger partial charge on any atom is 0.137 e. The van der Waals surface area contributed by atoms with Gasteiger partial charge in [0.15, 0.2) is 0 Å². The lowest BCUT2D eigenvalue weighted by atomic mass is 10.1. The first-order chi connectivity index (χ1) is 6.63. The van der Waals surface area contributed by atoms with E-state index in [-0.39, 0.29) is 0 Å². The monoisotopic (exact) mass is 212 g/mol. The molecule has 14 heavy (non-hydrogen) atoms. The van der Waals surface area contributed by atoms with Gasteiger partial charge in [0.25, 0.3) is 0 Å². The minimum atomic E-state index is -0.459. The van der Waals surface area contributed by atoms with Crippen LogP contribution in [-0.4, -0.2) is 17.8 Å². The molecule has 0 amide bonds.